The Morgan fingerprint density at radius 2 is 1.96 bits per heavy atom. The number of aromatic nitrogens is 1. The first kappa shape index (κ1) is 17.2. The summed E-state index contributed by atoms with van der Waals surface area (Å²) < 4.78 is 5.48. The number of rotatable bonds is 5. The van der Waals surface area contributed by atoms with E-state index in [9.17, 15) is 9.59 Å². The van der Waals surface area contributed by atoms with Crippen molar-refractivity contribution in [2.45, 2.75) is 39.2 Å². The van der Waals surface area contributed by atoms with Gasteiger partial charge in [-0.1, -0.05) is 24.1 Å². The molecule has 0 radical (unpaired) electrons. The lowest BCUT2D eigenvalue weighted by Gasteiger charge is -2.25. The van der Waals surface area contributed by atoms with Gasteiger partial charge in [0.15, 0.2) is 0 Å². The minimum absolute atomic E-state index is 0.106. The highest BCUT2D eigenvalue weighted by Crippen LogP contribution is 2.29. The number of carbonyl (C=O) groups is 2. The van der Waals surface area contributed by atoms with Crippen LogP contribution in [0.15, 0.2) is 34.9 Å². The van der Waals surface area contributed by atoms with Crippen LogP contribution in [0.4, 0.5) is 0 Å². The average Bonchev–Trinajstić information content (AvgIpc) is 3.09. The molecule has 6 heteroatoms. The van der Waals surface area contributed by atoms with Crippen molar-refractivity contribution in [1.82, 2.24) is 10.3 Å². The van der Waals surface area contributed by atoms with Gasteiger partial charge in [-0.2, -0.15) is 0 Å². The number of hydrogen-bond acceptors (Lipinski definition) is 4. The molecule has 1 saturated carbocycles. The van der Waals surface area contributed by atoms with Crippen molar-refractivity contribution in [2.75, 3.05) is 0 Å². The Bertz CT molecular complexity index is 751. The second kappa shape index (κ2) is 7.51. The van der Waals surface area contributed by atoms with Crippen LogP contribution in [0.1, 0.15) is 36.9 Å². The minimum Gasteiger partial charge on any atom is -0.481 e. The summed E-state index contributed by atoms with van der Waals surface area (Å²) in [4.78, 5) is 27.8. The van der Waals surface area contributed by atoms with Gasteiger partial charge in [0.25, 0.3) is 0 Å². The summed E-state index contributed by atoms with van der Waals surface area (Å²) in [6.07, 6.45) is 4.12. The number of aryl methyl sites for hydroxylation is 1. The highest BCUT2D eigenvalue weighted by atomic mass is 16.4. The smallest absolute Gasteiger partial charge is 0.306 e. The number of nitrogens with one attached hydrogen (secondary N) is 1. The molecule has 0 saturated heterocycles. The number of nitrogens with zero attached hydrogens (tertiary/aromatic N) is 1. The molecule has 3 rings (SSSR count). The lowest BCUT2D eigenvalue weighted by Crippen LogP contribution is -2.35. The van der Waals surface area contributed by atoms with E-state index in [0.29, 0.717) is 24.4 Å². The topological polar surface area (TPSA) is 92.4 Å². The van der Waals surface area contributed by atoms with Crippen LogP contribution in [0.25, 0.3) is 11.5 Å². The monoisotopic (exact) mass is 342 g/mol. The van der Waals surface area contributed by atoms with Crippen LogP contribution in [-0.2, 0) is 16.1 Å². The zero-order chi connectivity index (χ0) is 17.8. The van der Waals surface area contributed by atoms with Gasteiger partial charge in [0.1, 0.15) is 6.26 Å². The molecule has 2 unspecified atom stereocenters. The third kappa shape index (κ3) is 4.26. The SMILES string of the molecule is Cc1ccc(-c2nc(CNC(=O)C3CCCC(C(=O)O)C3)co2)cc1. The number of carboxylic acids is 1. The largest absolute Gasteiger partial charge is 0.481 e. The van der Waals surface area contributed by atoms with Crippen molar-refractivity contribution in [1.29, 1.82) is 0 Å². The molecule has 1 aromatic heterocycles. The first-order valence-corrected chi connectivity index (χ1v) is 8.55. The van der Waals surface area contributed by atoms with Crippen LogP contribution in [-0.4, -0.2) is 22.0 Å². The fourth-order valence-electron chi connectivity index (χ4n) is 3.19. The summed E-state index contributed by atoms with van der Waals surface area (Å²) in [7, 11) is 0. The van der Waals surface area contributed by atoms with Crippen molar-refractivity contribution in [3.8, 4) is 11.5 Å². The van der Waals surface area contributed by atoms with E-state index in [1.54, 1.807) is 0 Å². The molecule has 2 atom stereocenters. The van der Waals surface area contributed by atoms with Crippen LogP contribution in [0.3, 0.4) is 0 Å². The van der Waals surface area contributed by atoms with E-state index in [0.717, 1.165) is 24.0 Å². The molecule has 25 heavy (non-hydrogen) atoms. The number of aliphatic carboxylic acids is 1. The maximum atomic E-state index is 12.3. The zero-order valence-corrected chi connectivity index (χ0v) is 14.2. The molecular formula is C19H22N2O4. The molecule has 6 nitrogen and oxygen atoms in total. The van der Waals surface area contributed by atoms with Gasteiger partial charge in [0, 0.05) is 11.5 Å². The van der Waals surface area contributed by atoms with Crippen LogP contribution < -0.4 is 5.32 Å². The molecule has 2 aromatic rings. The standard InChI is InChI=1S/C19H22N2O4/c1-12-5-7-13(8-6-12)18-21-16(11-25-18)10-20-17(22)14-3-2-4-15(9-14)19(23)24/h5-8,11,14-15H,2-4,9-10H2,1H3,(H,20,22)(H,23,24). The lowest BCUT2D eigenvalue weighted by molar-refractivity contribution is -0.144. The number of benzene rings is 1. The van der Waals surface area contributed by atoms with Crippen molar-refractivity contribution in [3.05, 3.63) is 41.8 Å². The fourth-order valence-corrected chi connectivity index (χ4v) is 3.19. The Hall–Kier alpha value is -2.63. The Kier molecular flexibility index (Phi) is 5.16. The molecule has 1 aliphatic rings. The van der Waals surface area contributed by atoms with Gasteiger partial charge in [-0.05, 0) is 38.3 Å². The first-order valence-electron chi connectivity index (χ1n) is 8.55. The van der Waals surface area contributed by atoms with E-state index in [4.69, 9.17) is 9.52 Å². The third-order valence-corrected chi connectivity index (χ3v) is 4.69. The van der Waals surface area contributed by atoms with Crippen molar-refractivity contribution >= 4 is 11.9 Å². The van der Waals surface area contributed by atoms with Gasteiger partial charge in [-0.25, -0.2) is 4.98 Å². The quantitative estimate of drug-likeness (QED) is 0.871. The molecule has 1 heterocycles. The van der Waals surface area contributed by atoms with Crippen LogP contribution in [0.5, 0.6) is 0 Å². The van der Waals surface area contributed by atoms with Gasteiger partial charge < -0.3 is 14.8 Å². The van der Waals surface area contributed by atoms with E-state index < -0.39 is 11.9 Å². The molecule has 1 fully saturated rings. The van der Waals surface area contributed by atoms with Crippen molar-refractivity contribution < 1.29 is 19.1 Å². The van der Waals surface area contributed by atoms with Gasteiger partial charge >= 0.3 is 5.97 Å². The summed E-state index contributed by atoms with van der Waals surface area (Å²) in [6.45, 7) is 2.29. The molecule has 132 valence electrons. The van der Waals surface area contributed by atoms with E-state index >= 15 is 0 Å². The Balaban J connectivity index is 1.56. The van der Waals surface area contributed by atoms with Gasteiger partial charge in [0.2, 0.25) is 11.8 Å². The zero-order valence-electron chi connectivity index (χ0n) is 14.2. The van der Waals surface area contributed by atoms with Crippen molar-refractivity contribution in [2.24, 2.45) is 11.8 Å². The fraction of sp³-hybridized carbons (Fsp3) is 0.421. The maximum Gasteiger partial charge on any atom is 0.306 e. The summed E-state index contributed by atoms with van der Waals surface area (Å²) in [5.74, 6) is -1.04. The molecule has 0 aliphatic heterocycles. The van der Waals surface area contributed by atoms with E-state index in [1.165, 1.54) is 6.26 Å². The van der Waals surface area contributed by atoms with Crippen molar-refractivity contribution in [3.63, 3.8) is 0 Å². The number of carboxylic acid groups (broad SMARTS) is 1. The Morgan fingerprint density at radius 3 is 2.68 bits per heavy atom. The second-order valence-electron chi connectivity index (χ2n) is 6.63. The summed E-state index contributed by atoms with van der Waals surface area (Å²) >= 11 is 0. The Morgan fingerprint density at radius 1 is 1.24 bits per heavy atom. The molecule has 0 bridgehead atoms. The number of hydrogen-bond donors (Lipinski definition) is 2. The average molecular weight is 342 g/mol. The molecule has 1 aliphatic carbocycles. The molecule has 2 N–H and O–H groups in total. The number of amides is 1. The number of carbonyl (C=O) groups excluding carboxylic acids is 1. The van der Waals surface area contributed by atoms with Gasteiger partial charge in [-0.15, -0.1) is 0 Å². The first-order chi connectivity index (χ1) is 12.0. The highest BCUT2D eigenvalue weighted by Gasteiger charge is 2.30. The predicted molar refractivity (Wildman–Crippen MR) is 91.6 cm³/mol. The number of oxazole rings is 1. The van der Waals surface area contributed by atoms with Gasteiger partial charge in [0.05, 0.1) is 18.2 Å². The minimum atomic E-state index is -0.809. The molecule has 1 amide bonds. The third-order valence-electron chi connectivity index (χ3n) is 4.69. The Labute approximate surface area is 146 Å². The maximum absolute atomic E-state index is 12.3. The predicted octanol–water partition coefficient (Wildman–Crippen LogP) is 3.16. The summed E-state index contributed by atoms with van der Waals surface area (Å²) in [5.41, 5.74) is 2.70. The lowest BCUT2D eigenvalue weighted by atomic mass is 9.81. The normalized spacial score (nSPS) is 20.2. The second-order valence-corrected chi connectivity index (χ2v) is 6.63. The van der Waals surface area contributed by atoms with Crippen LogP contribution in [0, 0.1) is 18.8 Å². The van der Waals surface area contributed by atoms with Crippen LogP contribution in [0.2, 0.25) is 0 Å². The highest BCUT2D eigenvalue weighted by molar-refractivity contribution is 5.80. The van der Waals surface area contributed by atoms with Crippen LogP contribution >= 0.6 is 0 Å². The van der Waals surface area contributed by atoms with E-state index in [-0.39, 0.29) is 18.4 Å². The summed E-state index contributed by atoms with van der Waals surface area (Å²) in [6, 6.07) is 7.86. The van der Waals surface area contributed by atoms with Gasteiger partial charge in [-0.3, -0.25) is 9.59 Å². The molecular weight excluding hydrogens is 320 g/mol. The van der Waals surface area contributed by atoms with E-state index in [2.05, 4.69) is 10.3 Å². The van der Waals surface area contributed by atoms with E-state index in [1.807, 2.05) is 31.2 Å². The molecule has 0 spiro atoms. The molecule has 1 aromatic carbocycles. The summed E-state index contributed by atoms with van der Waals surface area (Å²) in [5, 5.41) is 12.0.